The molecule has 2 unspecified atom stereocenters. The van der Waals surface area contributed by atoms with E-state index < -0.39 is 5.97 Å². The first-order chi connectivity index (χ1) is 6.15. The van der Waals surface area contributed by atoms with Crippen LogP contribution >= 0.6 is 0 Å². The van der Waals surface area contributed by atoms with E-state index in [2.05, 4.69) is 5.32 Å². The second-order valence-electron chi connectivity index (χ2n) is 4.01. The van der Waals surface area contributed by atoms with Crippen molar-refractivity contribution < 1.29 is 14.7 Å². The summed E-state index contributed by atoms with van der Waals surface area (Å²) in [6.07, 6.45) is 2.25. The molecule has 4 heteroatoms. The normalized spacial score (nSPS) is 38.8. The van der Waals surface area contributed by atoms with Gasteiger partial charge in [0.1, 0.15) is 5.78 Å². The van der Waals surface area contributed by atoms with Gasteiger partial charge in [-0.3, -0.25) is 9.59 Å². The highest BCUT2D eigenvalue weighted by atomic mass is 16.4. The van der Waals surface area contributed by atoms with E-state index in [-0.39, 0.29) is 23.8 Å². The Hall–Kier alpha value is -0.900. The number of piperidine rings is 2. The number of carboxylic acid groups (broad SMARTS) is 1. The predicted octanol–water partition coefficient (Wildman–Crippen LogP) is 0.171. The van der Waals surface area contributed by atoms with Crippen LogP contribution in [-0.2, 0) is 9.59 Å². The number of Topliss-reactive ketones (excluding diaryl/α,β-unsaturated/α-hetero) is 1. The van der Waals surface area contributed by atoms with Gasteiger partial charge in [-0.25, -0.2) is 0 Å². The molecule has 0 amide bonds. The average Bonchev–Trinajstić information content (AvgIpc) is 2.01. The number of hydrogen-bond acceptors (Lipinski definition) is 3. The molecule has 13 heavy (non-hydrogen) atoms. The number of carbonyl (C=O) groups is 2. The molecule has 2 atom stereocenters. The van der Waals surface area contributed by atoms with Crippen molar-refractivity contribution >= 4 is 11.8 Å². The van der Waals surface area contributed by atoms with E-state index in [0.717, 1.165) is 0 Å². The van der Waals surface area contributed by atoms with E-state index in [4.69, 9.17) is 5.11 Å². The number of carboxylic acids is 1. The topological polar surface area (TPSA) is 66.4 Å². The number of nitrogens with one attached hydrogen (secondary N) is 1. The molecule has 0 aliphatic carbocycles. The number of aliphatic carboxylic acids is 1. The van der Waals surface area contributed by atoms with Crippen LogP contribution in [-0.4, -0.2) is 28.9 Å². The average molecular weight is 183 g/mol. The van der Waals surface area contributed by atoms with Crippen LogP contribution < -0.4 is 5.32 Å². The molecule has 2 rings (SSSR count). The van der Waals surface area contributed by atoms with Crippen molar-refractivity contribution in [3.63, 3.8) is 0 Å². The maximum atomic E-state index is 11.2. The van der Waals surface area contributed by atoms with Crippen LogP contribution in [0.3, 0.4) is 0 Å². The van der Waals surface area contributed by atoms with E-state index in [1.54, 1.807) is 0 Å². The molecule has 2 fully saturated rings. The van der Waals surface area contributed by atoms with Gasteiger partial charge in [-0.2, -0.15) is 0 Å². The molecular weight excluding hydrogens is 170 g/mol. The minimum atomic E-state index is -0.717. The summed E-state index contributed by atoms with van der Waals surface area (Å²) in [6, 6.07) is 0.224. The van der Waals surface area contributed by atoms with Crippen molar-refractivity contribution in [2.45, 2.75) is 37.8 Å². The fourth-order valence-corrected chi connectivity index (χ4v) is 2.37. The number of fused-ring (bicyclic) bond motifs is 2. The molecule has 2 aliphatic heterocycles. The maximum absolute atomic E-state index is 11.2. The number of rotatable bonds is 1. The van der Waals surface area contributed by atoms with Gasteiger partial charge in [-0.15, -0.1) is 0 Å². The third kappa shape index (κ3) is 1.72. The third-order valence-corrected chi connectivity index (χ3v) is 2.91. The third-order valence-electron chi connectivity index (χ3n) is 2.91. The lowest BCUT2D eigenvalue weighted by atomic mass is 9.80. The zero-order valence-electron chi connectivity index (χ0n) is 7.32. The Labute approximate surface area is 76.3 Å². The van der Waals surface area contributed by atoms with Gasteiger partial charge >= 0.3 is 5.97 Å². The Morgan fingerprint density at radius 3 is 2.31 bits per heavy atom. The standard InChI is InChI=1S/C9H13NO3/c11-8-3-6-1-5(9(12)13)2-7(4-8)10-6/h5-7,10H,1-4H2,(H,12,13). The van der Waals surface area contributed by atoms with Crippen molar-refractivity contribution in [2.24, 2.45) is 5.92 Å². The number of carbonyl (C=O) groups excluding carboxylic acids is 1. The zero-order chi connectivity index (χ0) is 9.42. The van der Waals surface area contributed by atoms with E-state index in [9.17, 15) is 9.59 Å². The van der Waals surface area contributed by atoms with Crippen LogP contribution in [0.5, 0.6) is 0 Å². The first-order valence-electron chi connectivity index (χ1n) is 4.65. The minimum absolute atomic E-state index is 0.112. The molecule has 4 nitrogen and oxygen atoms in total. The zero-order valence-corrected chi connectivity index (χ0v) is 7.32. The first-order valence-corrected chi connectivity index (χ1v) is 4.65. The summed E-state index contributed by atoms with van der Waals surface area (Å²) < 4.78 is 0. The highest BCUT2D eigenvalue weighted by Gasteiger charge is 2.37. The summed E-state index contributed by atoms with van der Waals surface area (Å²) in [5.74, 6) is -0.687. The van der Waals surface area contributed by atoms with Gasteiger partial charge in [-0.05, 0) is 12.8 Å². The lowest BCUT2D eigenvalue weighted by Crippen LogP contribution is -2.52. The van der Waals surface area contributed by atoms with E-state index in [1.807, 2.05) is 0 Å². The summed E-state index contributed by atoms with van der Waals surface area (Å²) in [4.78, 5) is 21.9. The highest BCUT2D eigenvalue weighted by molar-refractivity contribution is 5.81. The SMILES string of the molecule is O=C1CC2CC(C(=O)O)CC(C1)N2. The lowest BCUT2D eigenvalue weighted by Gasteiger charge is -2.38. The molecule has 72 valence electrons. The summed E-state index contributed by atoms with van der Waals surface area (Å²) in [7, 11) is 0. The van der Waals surface area contributed by atoms with Crippen LogP contribution in [0.1, 0.15) is 25.7 Å². The molecule has 2 bridgehead atoms. The Morgan fingerprint density at radius 1 is 1.31 bits per heavy atom. The van der Waals surface area contributed by atoms with Crippen molar-refractivity contribution in [1.29, 1.82) is 0 Å². The van der Waals surface area contributed by atoms with Gasteiger partial charge in [0.05, 0.1) is 5.92 Å². The summed E-state index contributed by atoms with van der Waals surface area (Å²) in [5, 5.41) is 12.1. The van der Waals surface area contributed by atoms with Crippen molar-refractivity contribution in [3.8, 4) is 0 Å². The second-order valence-corrected chi connectivity index (χ2v) is 4.01. The Bertz CT molecular complexity index is 235. The molecule has 2 saturated heterocycles. The van der Waals surface area contributed by atoms with Crippen LogP contribution in [0, 0.1) is 5.92 Å². The van der Waals surface area contributed by atoms with Gasteiger partial charge in [0.2, 0.25) is 0 Å². The monoisotopic (exact) mass is 183 g/mol. The van der Waals surface area contributed by atoms with E-state index in [0.29, 0.717) is 25.7 Å². The number of hydrogen-bond donors (Lipinski definition) is 2. The minimum Gasteiger partial charge on any atom is -0.481 e. The van der Waals surface area contributed by atoms with Crippen LogP contribution in [0.25, 0.3) is 0 Å². The number of ketones is 1. The summed E-state index contributed by atoms with van der Waals surface area (Å²) >= 11 is 0. The Kier molecular flexibility index (Phi) is 2.07. The van der Waals surface area contributed by atoms with Gasteiger partial charge in [-0.1, -0.05) is 0 Å². The Balaban J connectivity index is 2.05. The van der Waals surface area contributed by atoms with E-state index >= 15 is 0 Å². The fourth-order valence-electron chi connectivity index (χ4n) is 2.37. The molecule has 2 heterocycles. The quantitative estimate of drug-likeness (QED) is 0.608. The largest absolute Gasteiger partial charge is 0.481 e. The molecule has 0 aromatic rings. The van der Waals surface area contributed by atoms with Crippen molar-refractivity contribution in [1.82, 2.24) is 5.32 Å². The molecular formula is C9H13NO3. The lowest BCUT2D eigenvalue weighted by molar-refractivity contribution is -0.144. The van der Waals surface area contributed by atoms with Crippen molar-refractivity contribution in [3.05, 3.63) is 0 Å². The Morgan fingerprint density at radius 2 is 1.85 bits per heavy atom. The van der Waals surface area contributed by atoms with Gasteiger partial charge in [0, 0.05) is 24.9 Å². The van der Waals surface area contributed by atoms with Crippen LogP contribution in [0.15, 0.2) is 0 Å². The molecule has 0 radical (unpaired) electrons. The molecule has 0 aromatic heterocycles. The van der Waals surface area contributed by atoms with Gasteiger partial charge in [0.15, 0.2) is 0 Å². The maximum Gasteiger partial charge on any atom is 0.306 e. The first kappa shape index (κ1) is 8.69. The van der Waals surface area contributed by atoms with Crippen LogP contribution in [0.4, 0.5) is 0 Å². The molecule has 0 saturated carbocycles. The van der Waals surface area contributed by atoms with Gasteiger partial charge in [0.25, 0.3) is 0 Å². The molecule has 0 spiro atoms. The smallest absolute Gasteiger partial charge is 0.306 e. The van der Waals surface area contributed by atoms with Gasteiger partial charge < -0.3 is 10.4 Å². The van der Waals surface area contributed by atoms with Crippen LogP contribution in [0.2, 0.25) is 0 Å². The second kappa shape index (κ2) is 3.10. The summed E-state index contributed by atoms with van der Waals surface area (Å²) in [5.41, 5.74) is 0. The predicted molar refractivity (Wildman–Crippen MR) is 45.3 cm³/mol. The molecule has 0 aromatic carbocycles. The fraction of sp³-hybridized carbons (Fsp3) is 0.778. The molecule has 2 aliphatic rings. The van der Waals surface area contributed by atoms with E-state index in [1.165, 1.54) is 0 Å². The van der Waals surface area contributed by atoms with Crippen molar-refractivity contribution in [2.75, 3.05) is 0 Å². The molecule has 2 N–H and O–H groups in total. The summed E-state index contributed by atoms with van der Waals surface area (Å²) in [6.45, 7) is 0. The highest BCUT2D eigenvalue weighted by Crippen LogP contribution is 2.28.